The Labute approximate surface area is 139 Å². The predicted molar refractivity (Wildman–Crippen MR) is 102 cm³/mol. The molecule has 0 amide bonds. The normalized spacial score (nSPS) is 11.9. The number of allylic oxidation sites excluding steroid dienone is 4. The fourth-order valence-electron chi connectivity index (χ4n) is 2.37. The third-order valence-electron chi connectivity index (χ3n) is 4.35. The zero-order chi connectivity index (χ0) is 17.2. The third kappa shape index (κ3) is 7.68. The smallest absolute Gasteiger partial charge is 0.169 e. The Bertz CT molecular complexity index is 433. The van der Waals surface area contributed by atoms with E-state index < -0.39 is 0 Å². The monoisotopic (exact) mass is 296 g/mol. The fourth-order valence-corrected chi connectivity index (χ4v) is 2.37. The summed E-state index contributed by atoms with van der Waals surface area (Å²) in [5.41, 5.74) is 1.68. The predicted octanol–water partition coefficient (Wildman–Crippen LogP) is 5.18. The van der Waals surface area contributed by atoms with E-state index in [0.717, 1.165) is 42.9 Å². The van der Waals surface area contributed by atoms with Gasteiger partial charge < -0.3 is 4.79 Å². The lowest BCUT2D eigenvalue weighted by atomic mass is 9.42. The van der Waals surface area contributed by atoms with Crippen molar-refractivity contribution in [2.45, 2.75) is 59.1 Å². The maximum atomic E-state index is 10.9. The summed E-state index contributed by atoms with van der Waals surface area (Å²) < 4.78 is 0. The van der Waals surface area contributed by atoms with Crippen LogP contribution in [0.15, 0.2) is 48.9 Å². The van der Waals surface area contributed by atoms with Gasteiger partial charge >= 0.3 is 0 Å². The number of hydrogen-bond donors (Lipinski definition) is 0. The van der Waals surface area contributed by atoms with Gasteiger partial charge in [-0.2, -0.15) is 0 Å². The van der Waals surface area contributed by atoms with Crippen LogP contribution >= 0.6 is 0 Å². The highest BCUT2D eigenvalue weighted by Crippen LogP contribution is 2.35. The Morgan fingerprint density at radius 1 is 1.23 bits per heavy atom. The minimum absolute atomic E-state index is 0.232. The molecule has 0 atom stereocenters. The first-order valence-corrected chi connectivity index (χ1v) is 8.14. The number of carbonyl (C=O) groups excluding carboxylic acids is 1. The molecule has 0 heterocycles. The van der Waals surface area contributed by atoms with Gasteiger partial charge in [0, 0.05) is 6.42 Å². The Balaban J connectivity index is 4.40. The van der Waals surface area contributed by atoms with Gasteiger partial charge in [0.2, 0.25) is 0 Å². The lowest BCUT2D eigenvalue weighted by Crippen LogP contribution is -2.22. The Morgan fingerprint density at radius 2 is 1.86 bits per heavy atom. The summed E-state index contributed by atoms with van der Waals surface area (Å²) in [6, 6.07) is 0. The molecule has 0 aliphatic heterocycles. The number of carbonyl (C=O) groups is 1. The van der Waals surface area contributed by atoms with Crippen LogP contribution in [0.2, 0.25) is 12.6 Å². The van der Waals surface area contributed by atoms with Crippen LogP contribution in [-0.4, -0.2) is 20.3 Å². The van der Waals surface area contributed by atoms with Gasteiger partial charge in [-0.3, -0.25) is 0 Å². The molecule has 0 saturated carbocycles. The third-order valence-corrected chi connectivity index (χ3v) is 4.35. The summed E-state index contributed by atoms with van der Waals surface area (Å²) in [5.74, 6) is 2.29. The van der Waals surface area contributed by atoms with Gasteiger partial charge in [0.25, 0.3) is 0 Å². The zero-order valence-electron chi connectivity index (χ0n) is 14.7. The lowest BCUT2D eigenvalue weighted by Gasteiger charge is -2.30. The van der Waals surface area contributed by atoms with Gasteiger partial charge in [0.15, 0.2) is 6.71 Å². The van der Waals surface area contributed by atoms with E-state index in [9.17, 15) is 4.79 Å². The first kappa shape index (κ1) is 20.8. The SMILES string of the molecule is [B]/C(=C/C=C)C(C)(C)C(=C)CB(C=C)CCCCCC(C)=O. The van der Waals surface area contributed by atoms with Gasteiger partial charge in [-0.15, -0.1) is 18.0 Å². The van der Waals surface area contributed by atoms with E-state index in [4.69, 9.17) is 7.85 Å². The summed E-state index contributed by atoms with van der Waals surface area (Å²) in [5, 5.41) is 0. The van der Waals surface area contributed by atoms with Crippen molar-refractivity contribution in [3.63, 3.8) is 0 Å². The Hall–Kier alpha value is -1.24. The van der Waals surface area contributed by atoms with Crippen molar-refractivity contribution < 1.29 is 4.79 Å². The molecular weight excluding hydrogens is 266 g/mol. The van der Waals surface area contributed by atoms with E-state index in [1.165, 1.54) is 0 Å². The van der Waals surface area contributed by atoms with Crippen LogP contribution in [0.1, 0.15) is 46.5 Å². The molecule has 0 aromatic heterocycles. The first-order valence-electron chi connectivity index (χ1n) is 8.14. The van der Waals surface area contributed by atoms with Crippen LogP contribution in [-0.2, 0) is 4.79 Å². The van der Waals surface area contributed by atoms with Gasteiger partial charge in [-0.05, 0) is 25.1 Å². The molecule has 22 heavy (non-hydrogen) atoms. The van der Waals surface area contributed by atoms with E-state index >= 15 is 0 Å². The van der Waals surface area contributed by atoms with Crippen LogP contribution in [0.5, 0.6) is 0 Å². The lowest BCUT2D eigenvalue weighted by molar-refractivity contribution is -0.117. The standard InChI is InChI=1S/C19H30B2O/c1-7-12-18(20)19(5,6)16(3)15-21(8-2)14-11-9-10-13-17(4)22/h7-8,12H,1-3,9-11,13-15H2,4-6H3/b18-12+. The summed E-state index contributed by atoms with van der Waals surface area (Å²) in [6.07, 6.45) is 9.44. The number of Topliss-reactive ketones (excluding diaryl/α,β-unsaturated/α-hetero) is 1. The van der Waals surface area contributed by atoms with Crippen molar-refractivity contribution in [1.29, 1.82) is 0 Å². The largest absolute Gasteiger partial charge is 0.300 e. The molecular formula is C19H30B2O. The average molecular weight is 296 g/mol. The van der Waals surface area contributed by atoms with Gasteiger partial charge in [0.1, 0.15) is 13.6 Å². The van der Waals surface area contributed by atoms with Crippen molar-refractivity contribution in [2.24, 2.45) is 5.41 Å². The number of unbranched alkanes of at least 4 members (excludes halogenated alkanes) is 2. The van der Waals surface area contributed by atoms with Crippen LogP contribution in [0.25, 0.3) is 0 Å². The van der Waals surface area contributed by atoms with E-state index in [0.29, 0.717) is 13.1 Å². The van der Waals surface area contributed by atoms with Crippen LogP contribution in [0.3, 0.4) is 0 Å². The molecule has 0 aliphatic carbocycles. The minimum Gasteiger partial charge on any atom is -0.300 e. The van der Waals surface area contributed by atoms with Crippen LogP contribution in [0.4, 0.5) is 0 Å². The molecule has 0 aliphatic rings. The highest BCUT2D eigenvalue weighted by molar-refractivity contribution is 6.64. The first-order chi connectivity index (χ1) is 10.3. The summed E-state index contributed by atoms with van der Waals surface area (Å²) in [6.45, 7) is 18.1. The second-order valence-corrected chi connectivity index (χ2v) is 6.59. The molecule has 0 bridgehead atoms. The minimum atomic E-state index is -0.232. The average Bonchev–Trinajstić information content (AvgIpc) is 2.45. The molecule has 0 aromatic carbocycles. The Kier molecular flexibility index (Phi) is 9.89. The molecule has 0 aromatic rings. The quantitative estimate of drug-likeness (QED) is 0.210. The maximum absolute atomic E-state index is 10.9. The van der Waals surface area contributed by atoms with Gasteiger partial charge in [-0.25, -0.2) is 0 Å². The summed E-state index contributed by atoms with van der Waals surface area (Å²) in [7, 11) is 6.12. The number of rotatable bonds is 12. The van der Waals surface area contributed by atoms with E-state index in [1.807, 2.05) is 12.1 Å². The summed E-state index contributed by atoms with van der Waals surface area (Å²) in [4.78, 5) is 10.9. The molecule has 2 radical (unpaired) electrons. The Morgan fingerprint density at radius 3 is 2.36 bits per heavy atom. The maximum Gasteiger partial charge on any atom is 0.169 e. The van der Waals surface area contributed by atoms with Crippen molar-refractivity contribution >= 4 is 20.3 Å². The molecule has 1 nitrogen and oxygen atoms in total. The fraction of sp³-hybridized carbons (Fsp3) is 0.526. The molecule has 0 unspecified atom stereocenters. The number of ketones is 1. The highest BCUT2D eigenvalue weighted by atomic mass is 16.1. The van der Waals surface area contributed by atoms with Gasteiger partial charge in [-0.1, -0.05) is 63.9 Å². The van der Waals surface area contributed by atoms with Crippen LogP contribution < -0.4 is 0 Å². The molecule has 0 saturated heterocycles. The number of hydrogen-bond acceptors (Lipinski definition) is 1. The van der Waals surface area contributed by atoms with E-state index in [1.54, 1.807) is 13.0 Å². The highest BCUT2D eigenvalue weighted by Gasteiger charge is 2.25. The molecule has 0 spiro atoms. The van der Waals surface area contributed by atoms with Crippen molar-refractivity contribution in [3.8, 4) is 0 Å². The van der Waals surface area contributed by atoms with Crippen LogP contribution in [0, 0.1) is 5.41 Å². The second kappa shape index (κ2) is 10.5. The zero-order valence-corrected chi connectivity index (χ0v) is 14.7. The topological polar surface area (TPSA) is 17.1 Å². The summed E-state index contributed by atoms with van der Waals surface area (Å²) >= 11 is 0. The molecule has 0 fully saturated rings. The van der Waals surface area contributed by atoms with E-state index in [-0.39, 0.29) is 11.2 Å². The van der Waals surface area contributed by atoms with Crippen molar-refractivity contribution in [1.82, 2.24) is 0 Å². The van der Waals surface area contributed by atoms with Gasteiger partial charge in [0.05, 0.1) is 0 Å². The van der Waals surface area contributed by atoms with Crippen molar-refractivity contribution in [2.75, 3.05) is 0 Å². The molecule has 118 valence electrons. The second-order valence-electron chi connectivity index (χ2n) is 6.59. The molecule has 0 N–H and O–H groups in total. The van der Waals surface area contributed by atoms with E-state index in [2.05, 4.69) is 33.6 Å². The molecule has 3 heteroatoms. The van der Waals surface area contributed by atoms with Crippen molar-refractivity contribution in [3.05, 3.63) is 48.9 Å². The molecule has 0 rings (SSSR count).